The molecule has 6 nitrogen and oxygen atoms in total. The van der Waals surface area contributed by atoms with Crippen molar-refractivity contribution in [2.45, 2.75) is 58.0 Å². The quantitative estimate of drug-likeness (QED) is 0.447. The van der Waals surface area contributed by atoms with E-state index in [2.05, 4.69) is 44.3 Å². The first-order chi connectivity index (χ1) is 14.4. The molecular formula is C23H26BrN5O. The third-order valence-electron chi connectivity index (χ3n) is 5.02. The van der Waals surface area contributed by atoms with Gasteiger partial charge in [-0.3, -0.25) is 14.5 Å². The molecule has 7 heteroatoms. The molecule has 2 heterocycles. The van der Waals surface area contributed by atoms with Crippen molar-refractivity contribution in [3.05, 3.63) is 58.3 Å². The zero-order chi connectivity index (χ0) is 21.6. The maximum atomic E-state index is 12.7. The molecule has 2 aromatic heterocycles. The first-order valence-electron chi connectivity index (χ1n) is 10.2. The van der Waals surface area contributed by atoms with Gasteiger partial charge in [0.05, 0.1) is 18.8 Å². The lowest BCUT2D eigenvalue weighted by Crippen LogP contribution is -2.48. The predicted octanol–water partition coefficient (Wildman–Crippen LogP) is 5.03. The Morgan fingerprint density at radius 3 is 2.70 bits per heavy atom. The minimum absolute atomic E-state index is 0.221. The van der Waals surface area contributed by atoms with Crippen molar-refractivity contribution in [2.24, 2.45) is 0 Å². The summed E-state index contributed by atoms with van der Waals surface area (Å²) in [5.41, 5.74) is 2.14. The number of fused-ring (bicyclic) bond motifs is 1. The average Bonchev–Trinajstić information content (AvgIpc) is 3.12. The van der Waals surface area contributed by atoms with Crippen LogP contribution in [-0.4, -0.2) is 26.2 Å². The molecule has 0 radical (unpaired) electrons. The van der Waals surface area contributed by atoms with Gasteiger partial charge >= 0.3 is 0 Å². The van der Waals surface area contributed by atoms with Crippen LogP contribution in [0.4, 0.5) is 0 Å². The van der Waals surface area contributed by atoms with E-state index in [4.69, 9.17) is 0 Å². The lowest BCUT2D eigenvalue weighted by atomic mass is 10.0. The smallest absolute Gasteiger partial charge is 0.252 e. The molecule has 0 aliphatic rings. The minimum atomic E-state index is -1.10. The Morgan fingerprint density at radius 2 is 2.00 bits per heavy atom. The molecule has 0 spiro atoms. The number of nitriles is 1. The molecule has 0 aliphatic carbocycles. The minimum Gasteiger partial charge on any atom is -0.332 e. The second kappa shape index (κ2) is 9.86. The van der Waals surface area contributed by atoms with Crippen molar-refractivity contribution in [3.8, 4) is 6.07 Å². The summed E-state index contributed by atoms with van der Waals surface area (Å²) in [6, 6.07) is 11.7. The van der Waals surface area contributed by atoms with Crippen molar-refractivity contribution in [3.63, 3.8) is 0 Å². The van der Waals surface area contributed by atoms with Gasteiger partial charge in [-0.2, -0.15) is 10.4 Å². The largest absolute Gasteiger partial charge is 0.332 e. The molecule has 1 aromatic carbocycles. The SMILES string of the molecule is CCCCCCc1ccc(C(=O)NC(C)(C#N)Cn2cc3ncc(Br)cc3n2)cc1. The van der Waals surface area contributed by atoms with E-state index >= 15 is 0 Å². The number of rotatable bonds is 9. The van der Waals surface area contributed by atoms with Crippen LogP contribution in [0, 0.1) is 11.3 Å². The number of carbonyl (C=O) groups excluding carboxylic acids is 1. The van der Waals surface area contributed by atoms with Crippen LogP contribution in [0.15, 0.2) is 47.2 Å². The van der Waals surface area contributed by atoms with Crippen LogP contribution in [0.3, 0.4) is 0 Å². The number of pyridine rings is 1. The van der Waals surface area contributed by atoms with Crippen molar-refractivity contribution in [1.29, 1.82) is 5.26 Å². The highest BCUT2D eigenvalue weighted by molar-refractivity contribution is 9.10. The topological polar surface area (TPSA) is 83.6 Å². The fraction of sp³-hybridized carbons (Fsp3) is 0.391. The van der Waals surface area contributed by atoms with Gasteiger partial charge in [-0.05, 0) is 59.5 Å². The zero-order valence-electron chi connectivity index (χ0n) is 17.4. The maximum absolute atomic E-state index is 12.7. The molecule has 156 valence electrons. The third kappa shape index (κ3) is 5.67. The van der Waals surface area contributed by atoms with E-state index in [1.54, 1.807) is 24.0 Å². The molecule has 0 saturated carbocycles. The number of unbranched alkanes of at least 4 members (excludes halogenated alkanes) is 3. The van der Waals surface area contributed by atoms with Crippen molar-refractivity contribution in [1.82, 2.24) is 20.1 Å². The molecule has 0 saturated heterocycles. The number of hydrogen-bond acceptors (Lipinski definition) is 4. The number of benzene rings is 1. The van der Waals surface area contributed by atoms with Crippen molar-refractivity contribution < 1.29 is 4.79 Å². The number of hydrogen-bond donors (Lipinski definition) is 1. The van der Waals surface area contributed by atoms with Crippen LogP contribution in [0.5, 0.6) is 0 Å². The Labute approximate surface area is 185 Å². The molecule has 30 heavy (non-hydrogen) atoms. The summed E-state index contributed by atoms with van der Waals surface area (Å²) in [5.74, 6) is -0.269. The standard InChI is InChI=1S/C23H26BrN5O/c1-3-4-5-6-7-17-8-10-18(11-9-17)22(30)27-23(2,15-25)16-29-14-21-20(28-29)12-19(24)13-26-21/h8-14H,3-7,16H2,1-2H3,(H,27,30). The molecule has 1 N–H and O–H groups in total. The Hall–Kier alpha value is -2.72. The monoisotopic (exact) mass is 467 g/mol. The van der Waals surface area contributed by atoms with Gasteiger partial charge in [-0.25, -0.2) is 0 Å². The van der Waals surface area contributed by atoms with E-state index in [9.17, 15) is 10.1 Å². The number of amides is 1. The van der Waals surface area contributed by atoms with Crippen LogP contribution < -0.4 is 5.32 Å². The predicted molar refractivity (Wildman–Crippen MR) is 121 cm³/mol. The highest BCUT2D eigenvalue weighted by Gasteiger charge is 2.28. The van der Waals surface area contributed by atoms with E-state index in [1.165, 1.54) is 24.8 Å². The summed E-state index contributed by atoms with van der Waals surface area (Å²) in [6.07, 6.45) is 9.37. The van der Waals surface area contributed by atoms with Crippen LogP contribution in [0.1, 0.15) is 55.5 Å². The van der Waals surface area contributed by atoms with Gasteiger partial charge in [0, 0.05) is 16.2 Å². The first-order valence-corrected chi connectivity index (χ1v) is 11.0. The summed E-state index contributed by atoms with van der Waals surface area (Å²) in [4.78, 5) is 17.0. The molecule has 1 unspecified atom stereocenters. The molecule has 0 fully saturated rings. The number of nitrogens with one attached hydrogen (secondary N) is 1. The molecule has 0 bridgehead atoms. The van der Waals surface area contributed by atoms with Gasteiger partial charge in [-0.15, -0.1) is 0 Å². The molecule has 3 rings (SSSR count). The summed E-state index contributed by atoms with van der Waals surface area (Å²) in [5, 5.41) is 17.0. The Bertz CT molecular complexity index is 1050. The number of carbonyl (C=O) groups is 1. The van der Waals surface area contributed by atoms with Gasteiger partial charge in [0.15, 0.2) is 0 Å². The fourth-order valence-electron chi connectivity index (χ4n) is 3.34. The number of aromatic nitrogens is 3. The molecular weight excluding hydrogens is 442 g/mol. The second-order valence-corrected chi connectivity index (χ2v) is 8.71. The zero-order valence-corrected chi connectivity index (χ0v) is 18.9. The number of halogens is 1. The van der Waals surface area contributed by atoms with Gasteiger partial charge < -0.3 is 5.32 Å². The van der Waals surface area contributed by atoms with Crippen molar-refractivity contribution >= 4 is 32.9 Å². The third-order valence-corrected chi connectivity index (χ3v) is 5.45. The van der Waals surface area contributed by atoms with Crippen LogP contribution in [0.2, 0.25) is 0 Å². The number of aryl methyl sites for hydroxylation is 1. The number of nitrogens with zero attached hydrogens (tertiary/aromatic N) is 4. The Balaban J connectivity index is 1.64. The molecule has 0 aliphatic heterocycles. The van der Waals surface area contributed by atoms with Gasteiger partial charge in [0.1, 0.15) is 16.6 Å². The van der Waals surface area contributed by atoms with E-state index in [1.807, 2.05) is 30.3 Å². The summed E-state index contributed by atoms with van der Waals surface area (Å²) in [6.45, 7) is 4.12. The summed E-state index contributed by atoms with van der Waals surface area (Å²) < 4.78 is 2.48. The lowest BCUT2D eigenvalue weighted by molar-refractivity contribution is 0.0917. The van der Waals surface area contributed by atoms with Gasteiger partial charge in [0.25, 0.3) is 5.91 Å². The van der Waals surface area contributed by atoms with Crippen LogP contribution in [0.25, 0.3) is 11.0 Å². The normalized spacial score (nSPS) is 13.0. The second-order valence-electron chi connectivity index (χ2n) is 7.79. The lowest BCUT2D eigenvalue weighted by Gasteiger charge is -2.23. The van der Waals surface area contributed by atoms with Crippen LogP contribution in [-0.2, 0) is 13.0 Å². The van der Waals surface area contributed by atoms with E-state index < -0.39 is 5.54 Å². The first kappa shape index (κ1) is 22.0. The average molecular weight is 468 g/mol. The molecule has 1 amide bonds. The van der Waals surface area contributed by atoms with Crippen molar-refractivity contribution in [2.75, 3.05) is 0 Å². The Kier molecular flexibility index (Phi) is 7.22. The highest BCUT2D eigenvalue weighted by atomic mass is 79.9. The Morgan fingerprint density at radius 1 is 1.23 bits per heavy atom. The molecule has 3 aromatic rings. The molecule has 1 atom stereocenters. The fourth-order valence-corrected chi connectivity index (χ4v) is 3.66. The van der Waals surface area contributed by atoms with Gasteiger partial charge in [-0.1, -0.05) is 38.3 Å². The van der Waals surface area contributed by atoms with E-state index in [0.29, 0.717) is 5.56 Å². The van der Waals surface area contributed by atoms with Gasteiger partial charge in [0.2, 0.25) is 0 Å². The highest BCUT2D eigenvalue weighted by Crippen LogP contribution is 2.17. The van der Waals surface area contributed by atoms with E-state index in [0.717, 1.165) is 28.3 Å². The summed E-state index contributed by atoms with van der Waals surface area (Å²) >= 11 is 3.38. The maximum Gasteiger partial charge on any atom is 0.252 e. The van der Waals surface area contributed by atoms with Crippen LogP contribution >= 0.6 is 15.9 Å². The summed E-state index contributed by atoms with van der Waals surface area (Å²) in [7, 11) is 0. The van der Waals surface area contributed by atoms with E-state index in [-0.39, 0.29) is 12.5 Å².